The quantitative estimate of drug-likeness (QED) is 0.747. The second kappa shape index (κ2) is 5.52. The van der Waals surface area contributed by atoms with Gasteiger partial charge in [0.05, 0.1) is 25.8 Å². The highest BCUT2D eigenvalue weighted by Gasteiger charge is 2.69. The number of carbonyl (C=O) groups excluding carboxylic acids is 2. The van der Waals surface area contributed by atoms with Crippen LogP contribution in [0.1, 0.15) is 6.42 Å². The maximum Gasteiger partial charge on any atom is 0.352 e. The van der Waals surface area contributed by atoms with Crippen LogP contribution in [0, 0.1) is 5.92 Å². The molecular weight excluding hydrogens is 318 g/mol. The molecule has 1 N–H and O–H groups in total. The minimum Gasteiger partial charge on any atom is -0.469 e. The fourth-order valence-electron chi connectivity index (χ4n) is 2.87. The SMILES string of the molecule is COC(=O)C1CC1(C(=O)OC)n1[nH]c(=O)n(-c2ccccc2)c1=O. The molecule has 1 saturated carbocycles. The maximum atomic E-state index is 12.7. The van der Waals surface area contributed by atoms with Crippen molar-refractivity contribution in [3.05, 3.63) is 51.3 Å². The van der Waals surface area contributed by atoms with E-state index < -0.39 is 34.8 Å². The average Bonchev–Trinajstić information content (AvgIpc) is 3.28. The summed E-state index contributed by atoms with van der Waals surface area (Å²) >= 11 is 0. The van der Waals surface area contributed by atoms with Crippen LogP contribution in [0.5, 0.6) is 0 Å². The van der Waals surface area contributed by atoms with E-state index in [0.29, 0.717) is 5.69 Å². The number of nitrogens with zero attached hydrogens (tertiary/aromatic N) is 2. The van der Waals surface area contributed by atoms with Crippen LogP contribution in [0.25, 0.3) is 5.69 Å². The first-order chi connectivity index (χ1) is 11.5. The highest BCUT2D eigenvalue weighted by molar-refractivity contribution is 5.92. The normalized spacial score (nSPS) is 22.0. The van der Waals surface area contributed by atoms with Gasteiger partial charge >= 0.3 is 23.3 Å². The highest BCUT2D eigenvalue weighted by atomic mass is 16.5. The Morgan fingerprint density at radius 1 is 1.17 bits per heavy atom. The zero-order valence-corrected chi connectivity index (χ0v) is 13.0. The number of ether oxygens (including phenoxy) is 2. The van der Waals surface area contributed by atoms with E-state index in [-0.39, 0.29) is 6.42 Å². The van der Waals surface area contributed by atoms with Crippen molar-refractivity contribution in [2.75, 3.05) is 14.2 Å². The molecule has 3 rings (SSSR count). The van der Waals surface area contributed by atoms with Gasteiger partial charge in [-0.25, -0.2) is 28.7 Å². The van der Waals surface area contributed by atoms with E-state index in [1.54, 1.807) is 30.3 Å². The van der Waals surface area contributed by atoms with Crippen LogP contribution in [0.15, 0.2) is 39.9 Å². The fourth-order valence-corrected chi connectivity index (χ4v) is 2.87. The Balaban J connectivity index is 2.16. The number of hydrogen-bond acceptors (Lipinski definition) is 6. The Morgan fingerprint density at radius 2 is 1.83 bits per heavy atom. The van der Waals surface area contributed by atoms with Crippen molar-refractivity contribution in [2.45, 2.75) is 12.0 Å². The zero-order chi connectivity index (χ0) is 17.5. The van der Waals surface area contributed by atoms with E-state index in [9.17, 15) is 19.2 Å². The largest absolute Gasteiger partial charge is 0.469 e. The molecule has 1 aromatic heterocycles. The Bertz CT molecular complexity index is 909. The molecule has 0 amide bonds. The molecule has 1 aliphatic carbocycles. The monoisotopic (exact) mass is 333 g/mol. The van der Waals surface area contributed by atoms with Gasteiger partial charge < -0.3 is 9.47 Å². The molecule has 24 heavy (non-hydrogen) atoms. The third kappa shape index (κ3) is 2.08. The van der Waals surface area contributed by atoms with Gasteiger partial charge in [-0.05, 0) is 12.1 Å². The third-order valence-electron chi connectivity index (χ3n) is 4.16. The van der Waals surface area contributed by atoms with Crippen molar-refractivity contribution in [1.82, 2.24) is 14.3 Å². The number of rotatable bonds is 4. The fraction of sp³-hybridized carbons (Fsp3) is 0.333. The summed E-state index contributed by atoms with van der Waals surface area (Å²) in [6.07, 6.45) is 0.0149. The van der Waals surface area contributed by atoms with E-state index in [0.717, 1.165) is 16.4 Å². The summed E-state index contributed by atoms with van der Waals surface area (Å²) in [5.41, 5.74) is -2.72. The summed E-state index contributed by atoms with van der Waals surface area (Å²) in [4.78, 5) is 48.9. The molecule has 1 fully saturated rings. The molecule has 1 heterocycles. The predicted molar refractivity (Wildman–Crippen MR) is 80.8 cm³/mol. The number of benzene rings is 1. The number of nitrogens with one attached hydrogen (secondary N) is 1. The van der Waals surface area contributed by atoms with Crippen LogP contribution in [0.4, 0.5) is 0 Å². The molecule has 2 unspecified atom stereocenters. The Morgan fingerprint density at radius 3 is 2.42 bits per heavy atom. The van der Waals surface area contributed by atoms with Crippen LogP contribution in [-0.4, -0.2) is 40.5 Å². The summed E-state index contributed by atoms with van der Waals surface area (Å²) < 4.78 is 11.1. The molecule has 0 spiro atoms. The molecule has 126 valence electrons. The van der Waals surface area contributed by atoms with Crippen LogP contribution < -0.4 is 11.4 Å². The molecular formula is C15H15N3O6. The first-order valence-electron chi connectivity index (χ1n) is 7.13. The van der Waals surface area contributed by atoms with Gasteiger partial charge in [0, 0.05) is 6.42 Å². The van der Waals surface area contributed by atoms with E-state index in [1.165, 1.54) is 7.11 Å². The minimum atomic E-state index is -1.59. The van der Waals surface area contributed by atoms with Gasteiger partial charge in [0.25, 0.3) is 0 Å². The topological polar surface area (TPSA) is 112 Å². The molecule has 0 radical (unpaired) electrons. The number of aromatic amines is 1. The van der Waals surface area contributed by atoms with Crippen molar-refractivity contribution in [1.29, 1.82) is 0 Å². The summed E-state index contributed by atoms with van der Waals surface area (Å²) in [5.74, 6) is -2.34. The van der Waals surface area contributed by atoms with Crippen molar-refractivity contribution in [3.8, 4) is 5.69 Å². The molecule has 9 heteroatoms. The Hall–Kier alpha value is -3.10. The summed E-state index contributed by atoms with van der Waals surface area (Å²) in [6, 6.07) is 8.24. The number of para-hydroxylation sites is 1. The van der Waals surface area contributed by atoms with Crippen LogP contribution in [-0.2, 0) is 24.6 Å². The van der Waals surface area contributed by atoms with E-state index >= 15 is 0 Å². The lowest BCUT2D eigenvalue weighted by Crippen LogP contribution is -2.41. The first-order valence-corrected chi connectivity index (χ1v) is 7.13. The Labute approximate surface area is 135 Å². The Kier molecular flexibility index (Phi) is 3.63. The van der Waals surface area contributed by atoms with Gasteiger partial charge in [0.15, 0.2) is 5.54 Å². The smallest absolute Gasteiger partial charge is 0.352 e. The van der Waals surface area contributed by atoms with E-state index in [4.69, 9.17) is 4.74 Å². The van der Waals surface area contributed by atoms with Crippen molar-refractivity contribution < 1.29 is 19.1 Å². The van der Waals surface area contributed by atoms with Gasteiger partial charge in [0.1, 0.15) is 0 Å². The number of hydrogen-bond donors (Lipinski definition) is 1. The lowest BCUT2D eigenvalue weighted by Gasteiger charge is -2.14. The molecule has 9 nitrogen and oxygen atoms in total. The van der Waals surface area contributed by atoms with Gasteiger partial charge in [-0.15, -0.1) is 0 Å². The van der Waals surface area contributed by atoms with E-state index in [1.807, 2.05) is 0 Å². The van der Waals surface area contributed by atoms with Crippen molar-refractivity contribution in [2.24, 2.45) is 5.92 Å². The molecule has 2 aromatic rings. The molecule has 0 saturated heterocycles. The number of H-pyrrole nitrogens is 1. The molecule has 2 atom stereocenters. The molecule has 1 aromatic carbocycles. The first kappa shape index (κ1) is 15.8. The zero-order valence-electron chi connectivity index (χ0n) is 13.0. The van der Waals surface area contributed by atoms with E-state index in [2.05, 4.69) is 9.84 Å². The third-order valence-corrected chi connectivity index (χ3v) is 4.16. The predicted octanol–water partition coefficient (Wildman–Crippen LogP) is -0.611. The van der Waals surface area contributed by atoms with Crippen LogP contribution in [0.2, 0.25) is 0 Å². The number of aromatic nitrogens is 3. The van der Waals surface area contributed by atoms with Crippen LogP contribution >= 0.6 is 0 Å². The molecule has 0 aliphatic heterocycles. The number of esters is 2. The number of carbonyl (C=O) groups is 2. The van der Waals surface area contributed by atoms with Gasteiger partial charge in [-0.2, -0.15) is 0 Å². The highest BCUT2D eigenvalue weighted by Crippen LogP contribution is 2.50. The maximum absolute atomic E-state index is 12.7. The summed E-state index contributed by atoms with van der Waals surface area (Å²) in [6.45, 7) is 0. The summed E-state index contributed by atoms with van der Waals surface area (Å²) in [7, 11) is 2.33. The summed E-state index contributed by atoms with van der Waals surface area (Å²) in [5, 5.41) is 2.34. The van der Waals surface area contributed by atoms with Gasteiger partial charge in [0.2, 0.25) is 0 Å². The average molecular weight is 333 g/mol. The lowest BCUT2D eigenvalue weighted by molar-refractivity contribution is -0.152. The van der Waals surface area contributed by atoms with Crippen LogP contribution in [0.3, 0.4) is 0 Å². The van der Waals surface area contributed by atoms with Crippen molar-refractivity contribution in [3.63, 3.8) is 0 Å². The lowest BCUT2D eigenvalue weighted by atomic mass is 10.2. The van der Waals surface area contributed by atoms with Crippen molar-refractivity contribution >= 4 is 11.9 Å². The van der Waals surface area contributed by atoms with Gasteiger partial charge in [-0.1, -0.05) is 18.2 Å². The number of methoxy groups -OCH3 is 2. The second-order valence-corrected chi connectivity index (χ2v) is 5.40. The molecule has 1 aliphatic rings. The molecule has 0 bridgehead atoms. The minimum absolute atomic E-state index is 0.0149. The second-order valence-electron chi connectivity index (χ2n) is 5.40. The van der Waals surface area contributed by atoms with Gasteiger partial charge in [-0.3, -0.25) is 4.79 Å². The standard InChI is InChI=1S/C15H15N3O6/c1-23-11(19)10-8-15(10,12(20)24-2)18-14(22)17(13(21)16-18)9-6-4-3-5-7-9/h3-7,10H,8H2,1-2H3,(H,16,21).